The molecule has 3 rings (SSSR count). The number of aliphatic imine (C=N–C) groups is 1. The molecular formula is C22H35N5O3S. The average Bonchev–Trinajstić information content (AvgIpc) is 3.26. The van der Waals surface area contributed by atoms with Gasteiger partial charge in [0.1, 0.15) is 0 Å². The number of amides is 1. The Balaban J connectivity index is 1.66. The number of hydrogen-bond acceptors (Lipinski definition) is 4. The van der Waals surface area contributed by atoms with Crippen molar-refractivity contribution in [2.24, 2.45) is 4.99 Å². The van der Waals surface area contributed by atoms with E-state index in [0.29, 0.717) is 43.5 Å². The first-order valence-electron chi connectivity index (χ1n) is 11.4. The average molecular weight is 450 g/mol. The maximum absolute atomic E-state index is 13.0. The van der Waals surface area contributed by atoms with Crippen LogP contribution in [0.5, 0.6) is 0 Å². The molecule has 0 saturated carbocycles. The molecule has 2 saturated heterocycles. The van der Waals surface area contributed by atoms with Gasteiger partial charge in [-0.25, -0.2) is 13.4 Å². The number of sulfonamides is 1. The van der Waals surface area contributed by atoms with E-state index in [2.05, 4.69) is 15.6 Å². The minimum absolute atomic E-state index is 0.166. The van der Waals surface area contributed by atoms with Crippen molar-refractivity contribution in [1.82, 2.24) is 19.8 Å². The Kier molecular flexibility index (Phi) is 8.31. The van der Waals surface area contributed by atoms with Gasteiger partial charge in [-0.2, -0.15) is 4.31 Å². The molecule has 2 aliphatic rings. The zero-order valence-electron chi connectivity index (χ0n) is 18.6. The van der Waals surface area contributed by atoms with Crippen LogP contribution in [0.4, 0.5) is 0 Å². The number of piperidine rings is 1. The van der Waals surface area contributed by atoms with E-state index in [0.717, 1.165) is 44.3 Å². The van der Waals surface area contributed by atoms with Gasteiger partial charge in [-0.15, -0.1) is 0 Å². The van der Waals surface area contributed by atoms with Crippen molar-refractivity contribution >= 4 is 21.9 Å². The van der Waals surface area contributed by atoms with Crippen LogP contribution in [0.25, 0.3) is 0 Å². The topological polar surface area (TPSA) is 94.1 Å². The highest BCUT2D eigenvalue weighted by Gasteiger charge is 2.27. The number of carbonyl (C=O) groups excluding carboxylic acids is 1. The summed E-state index contributed by atoms with van der Waals surface area (Å²) in [5.74, 6) is 0.862. The number of carbonyl (C=O) groups is 1. The standard InChI is InChI=1S/C22H35N5O3S/c1-3-21(28)26-14-11-19(17-26)25-22(23-4-2)24-16-18-9-8-10-20(15-18)31(29,30)27-12-6-5-7-13-27/h8-10,15,19H,3-7,11-14,16-17H2,1-2H3,(H2,23,24,25). The number of likely N-dealkylation sites (tertiary alicyclic amines) is 1. The van der Waals surface area contributed by atoms with Crippen LogP contribution in [0, 0.1) is 0 Å². The first-order chi connectivity index (χ1) is 14.9. The van der Waals surface area contributed by atoms with Gasteiger partial charge >= 0.3 is 0 Å². The molecule has 0 spiro atoms. The van der Waals surface area contributed by atoms with E-state index < -0.39 is 10.0 Å². The van der Waals surface area contributed by atoms with Crippen LogP contribution >= 0.6 is 0 Å². The van der Waals surface area contributed by atoms with Gasteiger partial charge in [0.2, 0.25) is 15.9 Å². The fourth-order valence-electron chi connectivity index (χ4n) is 4.07. The molecule has 2 fully saturated rings. The summed E-state index contributed by atoms with van der Waals surface area (Å²) in [6.45, 7) is 7.62. The highest BCUT2D eigenvalue weighted by Crippen LogP contribution is 2.21. The van der Waals surface area contributed by atoms with Gasteiger partial charge in [0.15, 0.2) is 5.96 Å². The van der Waals surface area contributed by atoms with Gasteiger partial charge < -0.3 is 15.5 Å². The first-order valence-corrected chi connectivity index (χ1v) is 12.8. The van der Waals surface area contributed by atoms with Gasteiger partial charge in [0, 0.05) is 45.2 Å². The maximum Gasteiger partial charge on any atom is 0.243 e. The molecule has 1 unspecified atom stereocenters. The molecule has 31 heavy (non-hydrogen) atoms. The molecule has 1 atom stereocenters. The van der Waals surface area contributed by atoms with Crippen molar-refractivity contribution in [3.63, 3.8) is 0 Å². The Hall–Kier alpha value is -2.13. The summed E-state index contributed by atoms with van der Waals surface area (Å²) < 4.78 is 27.5. The molecule has 0 radical (unpaired) electrons. The second-order valence-corrected chi connectivity index (χ2v) is 10.1. The summed E-state index contributed by atoms with van der Waals surface area (Å²) in [7, 11) is -3.45. The lowest BCUT2D eigenvalue weighted by Gasteiger charge is -2.26. The van der Waals surface area contributed by atoms with E-state index in [-0.39, 0.29) is 11.9 Å². The van der Waals surface area contributed by atoms with Crippen LogP contribution in [0.1, 0.15) is 51.5 Å². The second kappa shape index (κ2) is 10.9. The maximum atomic E-state index is 13.0. The molecule has 2 heterocycles. The van der Waals surface area contributed by atoms with E-state index in [4.69, 9.17) is 0 Å². The molecule has 0 aliphatic carbocycles. The highest BCUT2D eigenvalue weighted by atomic mass is 32.2. The zero-order chi connectivity index (χ0) is 22.3. The summed E-state index contributed by atoms with van der Waals surface area (Å²) in [5.41, 5.74) is 0.851. The van der Waals surface area contributed by atoms with Gasteiger partial charge in [0.05, 0.1) is 11.4 Å². The first kappa shape index (κ1) is 23.5. The molecule has 9 heteroatoms. The lowest BCUT2D eigenvalue weighted by atomic mass is 10.2. The quantitative estimate of drug-likeness (QED) is 0.490. The molecule has 2 N–H and O–H groups in total. The fourth-order valence-corrected chi connectivity index (χ4v) is 5.66. The number of rotatable bonds is 7. The van der Waals surface area contributed by atoms with Gasteiger partial charge in [-0.05, 0) is 43.9 Å². The SMILES string of the molecule is CCNC(=NCc1cccc(S(=O)(=O)N2CCCCC2)c1)NC1CCN(C(=O)CC)C1. The monoisotopic (exact) mass is 449 g/mol. The summed E-state index contributed by atoms with van der Waals surface area (Å²) in [5, 5.41) is 6.65. The molecule has 1 aromatic carbocycles. The van der Waals surface area contributed by atoms with Gasteiger partial charge in [-0.3, -0.25) is 4.79 Å². The van der Waals surface area contributed by atoms with E-state index in [1.807, 2.05) is 24.8 Å². The molecule has 1 aromatic rings. The normalized spacial score (nSPS) is 20.6. The third kappa shape index (κ3) is 6.20. The molecule has 8 nitrogen and oxygen atoms in total. The number of benzene rings is 1. The van der Waals surface area contributed by atoms with Crippen molar-refractivity contribution in [1.29, 1.82) is 0 Å². The molecule has 0 bridgehead atoms. The lowest BCUT2D eigenvalue weighted by molar-refractivity contribution is -0.129. The summed E-state index contributed by atoms with van der Waals surface area (Å²) in [6, 6.07) is 7.25. The Labute approximate surface area is 186 Å². The Morgan fingerprint density at radius 3 is 2.65 bits per heavy atom. The minimum Gasteiger partial charge on any atom is -0.357 e. The van der Waals surface area contributed by atoms with Crippen LogP contribution in [-0.4, -0.2) is 68.3 Å². The third-order valence-corrected chi connectivity index (χ3v) is 7.69. The largest absolute Gasteiger partial charge is 0.357 e. The summed E-state index contributed by atoms with van der Waals surface area (Å²) in [6.07, 6.45) is 4.34. The second-order valence-electron chi connectivity index (χ2n) is 8.13. The van der Waals surface area contributed by atoms with Crippen molar-refractivity contribution < 1.29 is 13.2 Å². The predicted octanol–water partition coefficient (Wildman–Crippen LogP) is 1.93. The summed E-state index contributed by atoms with van der Waals surface area (Å²) >= 11 is 0. The fraction of sp³-hybridized carbons (Fsp3) is 0.636. The number of guanidine groups is 1. The van der Waals surface area contributed by atoms with E-state index in [9.17, 15) is 13.2 Å². The van der Waals surface area contributed by atoms with E-state index in [1.54, 1.807) is 22.5 Å². The number of nitrogens with zero attached hydrogens (tertiary/aromatic N) is 3. The highest BCUT2D eigenvalue weighted by molar-refractivity contribution is 7.89. The Morgan fingerprint density at radius 1 is 1.16 bits per heavy atom. The molecule has 2 aliphatic heterocycles. The van der Waals surface area contributed by atoms with E-state index in [1.165, 1.54) is 0 Å². The van der Waals surface area contributed by atoms with Crippen LogP contribution in [0.2, 0.25) is 0 Å². The van der Waals surface area contributed by atoms with Crippen molar-refractivity contribution in [2.75, 3.05) is 32.7 Å². The van der Waals surface area contributed by atoms with Gasteiger partial charge in [-0.1, -0.05) is 25.5 Å². The van der Waals surface area contributed by atoms with Crippen LogP contribution in [0.15, 0.2) is 34.2 Å². The number of hydrogen-bond donors (Lipinski definition) is 2. The molecule has 0 aromatic heterocycles. The predicted molar refractivity (Wildman–Crippen MR) is 122 cm³/mol. The van der Waals surface area contributed by atoms with Crippen LogP contribution in [-0.2, 0) is 21.4 Å². The van der Waals surface area contributed by atoms with E-state index >= 15 is 0 Å². The van der Waals surface area contributed by atoms with Crippen molar-refractivity contribution in [3.8, 4) is 0 Å². The Bertz CT molecular complexity index is 881. The molecule has 1 amide bonds. The number of nitrogens with one attached hydrogen (secondary N) is 2. The summed E-state index contributed by atoms with van der Waals surface area (Å²) in [4.78, 5) is 18.8. The van der Waals surface area contributed by atoms with Crippen molar-refractivity contribution in [3.05, 3.63) is 29.8 Å². The van der Waals surface area contributed by atoms with Crippen LogP contribution < -0.4 is 10.6 Å². The van der Waals surface area contributed by atoms with Crippen molar-refractivity contribution in [2.45, 2.75) is 63.4 Å². The smallest absolute Gasteiger partial charge is 0.243 e. The lowest BCUT2D eigenvalue weighted by Crippen LogP contribution is -2.45. The van der Waals surface area contributed by atoms with Gasteiger partial charge in [0.25, 0.3) is 0 Å². The minimum atomic E-state index is -3.45. The Morgan fingerprint density at radius 2 is 1.94 bits per heavy atom. The molecule has 172 valence electrons. The zero-order valence-corrected chi connectivity index (χ0v) is 19.5. The molecular weight excluding hydrogens is 414 g/mol. The third-order valence-electron chi connectivity index (χ3n) is 5.80. The van der Waals surface area contributed by atoms with Crippen LogP contribution in [0.3, 0.4) is 0 Å².